The van der Waals surface area contributed by atoms with Gasteiger partial charge in [-0.3, -0.25) is 0 Å². The Morgan fingerprint density at radius 2 is 2.29 bits per heavy atom. The fourth-order valence-corrected chi connectivity index (χ4v) is 2.14. The molecule has 3 heteroatoms. The maximum absolute atomic E-state index is 13.3. The quantitative estimate of drug-likeness (QED) is 0.784. The van der Waals surface area contributed by atoms with Crippen LogP contribution in [0.4, 0.5) is 4.39 Å². The Balaban J connectivity index is 2.76. The third kappa shape index (κ3) is 1.38. The summed E-state index contributed by atoms with van der Waals surface area (Å²) in [5, 5.41) is 0.907. The number of nitrogens with one attached hydrogen (secondary N) is 1. The summed E-state index contributed by atoms with van der Waals surface area (Å²) in [5.41, 5.74) is 1.61. The molecule has 1 aromatic heterocycles. The average Bonchev–Trinajstić information content (AvgIpc) is 2.58. The molecule has 72 valence electrons. The van der Waals surface area contributed by atoms with Crippen molar-refractivity contribution in [3.05, 3.63) is 46.8 Å². The number of hydrogen-bond donors (Lipinski definition) is 1. The number of halogens is 2. The molecule has 2 rings (SSSR count). The predicted octanol–water partition coefficient (Wildman–Crippen LogP) is 3.80. The first kappa shape index (κ1) is 9.46. The molecule has 0 amide bonds. The van der Waals surface area contributed by atoms with E-state index in [9.17, 15) is 4.39 Å². The number of H-pyrrole nitrogens is 1. The van der Waals surface area contributed by atoms with E-state index in [1.165, 1.54) is 6.07 Å². The number of rotatable bonds is 2. The second-order valence-corrected chi connectivity index (χ2v) is 3.94. The molecular weight excluding hydrogens is 245 g/mol. The molecule has 1 N–H and O–H groups in total. The largest absolute Gasteiger partial charge is 0.358 e. The second-order valence-electron chi connectivity index (χ2n) is 3.09. The minimum Gasteiger partial charge on any atom is -0.358 e. The van der Waals surface area contributed by atoms with E-state index in [1.54, 1.807) is 12.1 Å². The van der Waals surface area contributed by atoms with Gasteiger partial charge in [-0.25, -0.2) is 4.39 Å². The molecule has 0 fully saturated rings. The van der Waals surface area contributed by atoms with Gasteiger partial charge in [-0.2, -0.15) is 0 Å². The Kier molecular flexibility index (Phi) is 2.42. The highest BCUT2D eigenvalue weighted by atomic mass is 79.9. The molecule has 0 aliphatic carbocycles. The Morgan fingerprint density at radius 1 is 1.50 bits per heavy atom. The molecule has 2 aromatic rings. The van der Waals surface area contributed by atoms with Crippen molar-refractivity contribution < 1.29 is 4.39 Å². The molecule has 1 aromatic carbocycles. The SMILES string of the molecule is C=CCc1c[nH]c2c(F)ccc(Br)c12. The van der Waals surface area contributed by atoms with Gasteiger partial charge in [0, 0.05) is 16.1 Å². The van der Waals surface area contributed by atoms with E-state index in [0.717, 1.165) is 21.8 Å². The lowest BCUT2D eigenvalue weighted by molar-refractivity contribution is 0.637. The van der Waals surface area contributed by atoms with Gasteiger partial charge in [-0.05, 0) is 24.1 Å². The lowest BCUT2D eigenvalue weighted by Crippen LogP contribution is -1.81. The first-order chi connectivity index (χ1) is 6.74. The van der Waals surface area contributed by atoms with Crippen molar-refractivity contribution in [1.82, 2.24) is 4.98 Å². The summed E-state index contributed by atoms with van der Waals surface area (Å²) in [4.78, 5) is 2.93. The Morgan fingerprint density at radius 3 is 3.00 bits per heavy atom. The summed E-state index contributed by atoms with van der Waals surface area (Å²) >= 11 is 3.41. The van der Waals surface area contributed by atoms with E-state index in [4.69, 9.17) is 0 Å². The fourth-order valence-electron chi connectivity index (χ4n) is 1.55. The van der Waals surface area contributed by atoms with Crippen molar-refractivity contribution >= 4 is 26.8 Å². The molecule has 0 bridgehead atoms. The molecule has 0 unspecified atom stereocenters. The van der Waals surface area contributed by atoms with E-state index in [1.807, 2.05) is 6.20 Å². The number of aromatic amines is 1. The van der Waals surface area contributed by atoms with Gasteiger partial charge in [0.2, 0.25) is 0 Å². The molecule has 0 spiro atoms. The van der Waals surface area contributed by atoms with Gasteiger partial charge < -0.3 is 4.98 Å². The second kappa shape index (κ2) is 3.58. The van der Waals surface area contributed by atoms with Crippen molar-refractivity contribution in [3.63, 3.8) is 0 Å². The number of benzene rings is 1. The molecular formula is C11H9BrFN. The van der Waals surface area contributed by atoms with Crippen LogP contribution in [0.25, 0.3) is 10.9 Å². The number of hydrogen-bond acceptors (Lipinski definition) is 0. The van der Waals surface area contributed by atoms with Gasteiger partial charge in [0.15, 0.2) is 0 Å². The molecule has 14 heavy (non-hydrogen) atoms. The van der Waals surface area contributed by atoms with Gasteiger partial charge >= 0.3 is 0 Å². The zero-order chi connectivity index (χ0) is 10.1. The summed E-state index contributed by atoms with van der Waals surface area (Å²) in [6.45, 7) is 3.67. The van der Waals surface area contributed by atoms with Crippen molar-refractivity contribution in [2.45, 2.75) is 6.42 Å². The van der Waals surface area contributed by atoms with Crippen molar-refractivity contribution in [2.75, 3.05) is 0 Å². The monoisotopic (exact) mass is 253 g/mol. The van der Waals surface area contributed by atoms with Crippen LogP contribution in [0.5, 0.6) is 0 Å². The van der Waals surface area contributed by atoms with Crippen LogP contribution < -0.4 is 0 Å². The highest BCUT2D eigenvalue weighted by Gasteiger charge is 2.09. The molecule has 0 aliphatic rings. The molecule has 0 aliphatic heterocycles. The van der Waals surface area contributed by atoms with Crippen LogP contribution >= 0.6 is 15.9 Å². The molecule has 0 saturated carbocycles. The summed E-state index contributed by atoms with van der Waals surface area (Å²) in [6, 6.07) is 3.17. The Labute approximate surface area is 89.8 Å². The lowest BCUT2D eigenvalue weighted by atomic mass is 10.1. The topological polar surface area (TPSA) is 15.8 Å². The number of fused-ring (bicyclic) bond motifs is 1. The van der Waals surface area contributed by atoms with Crippen LogP contribution in [0.2, 0.25) is 0 Å². The zero-order valence-corrected chi connectivity index (χ0v) is 9.07. The van der Waals surface area contributed by atoms with Gasteiger partial charge in [-0.15, -0.1) is 6.58 Å². The molecule has 1 nitrogen and oxygen atoms in total. The summed E-state index contributed by atoms with van der Waals surface area (Å²) in [6.07, 6.45) is 4.36. The number of allylic oxidation sites excluding steroid dienone is 1. The maximum atomic E-state index is 13.3. The standard InChI is InChI=1S/C11H9BrFN/c1-2-3-7-6-14-11-9(13)5-4-8(12)10(7)11/h2,4-6,14H,1,3H2. The third-order valence-electron chi connectivity index (χ3n) is 2.18. The van der Waals surface area contributed by atoms with E-state index in [-0.39, 0.29) is 5.82 Å². The van der Waals surface area contributed by atoms with Crippen LogP contribution in [-0.4, -0.2) is 4.98 Å². The third-order valence-corrected chi connectivity index (χ3v) is 2.84. The van der Waals surface area contributed by atoms with Gasteiger partial charge in [0.1, 0.15) is 5.82 Å². The van der Waals surface area contributed by atoms with Crippen LogP contribution in [0.1, 0.15) is 5.56 Å². The molecule has 0 saturated heterocycles. The van der Waals surface area contributed by atoms with Crippen molar-refractivity contribution in [3.8, 4) is 0 Å². The minimum atomic E-state index is -0.224. The normalized spacial score (nSPS) is 10.7. The molecule has 1 heterocycles. The molecule has 0 radical (unpaired) electrons. The van der Waals surface area contributed by atoms with Crippen molar-refractivity contribution in [2.24, 2.45) is 0 Å². The summed E-state index contributed by atoms with van der Waals surface area (Å²) in [7, 11) is 0. The lowest BCUT2D eigenvalue weighted by Gasteiger charge is -1.98. The van der Waals surface area contributed by atoms with Gasteiger partial charge in [0.05, 0.1) is 5.52 Å². The van der Waals surface area contributed by atoms with E-state index >= 15 is 0 Å². The first-order valence-electron chi connectivity index (χ1n) is 4.29. The highest BCUT2D eigenvalue weighted by molar-refractivity contribution is 9.10. The molecule has 0 atom stereocenters. The van der Waals surface area contributed by atoms with Crippen LogP contribution in [0.15, 0.2) is 35.5 Å². The van der Waals surface area contributed by atoms with E-state index < -0.39 is 0 Å². The fraction of sp³-hybridized carbons (Fsp3) is 0.0909. The maximum Gasteiger partial charge on any atom is 0.147 e. The van der Waals surface area contributed by atoms with Crippen LogP contribution in [0.3, 0.4) is 0 Å². The van der Waals surface area contributed by atoms with Crippen LogP contribution in [-0.2, 0) is 6.42 Å². The zero-order valence-electron chi connectivity index (χ0n) is 7.48. The predicted molar refractivity (Wildman–Crippen MR) is 59.9 cm³/mol. The van der Waals surface area contributed by atoms with Crippen LogP contribution in [0, 0.1) is 5.82 Å². The Hall–Kier alpha value is -1.09. The average molecular weight is 254 g/mol. The number of aromatic nitrogens is 1. The summed E-state index contributed by atoms with van der Waals surface area (Å²) < 4.78 is 14.3. The minimum absolute atomic E-state index is 0.224. The van der Waals surface area contributed by atoms with Gasteiger partial charge in [0.25, 0.3) is 0 Å². The summed E-state index contributed by atoms with van der Waals surface area (Å²) in [5.74, 6) is -0.224. The smallest absolute Gasteiger partial charge is 0.147 e. The Bertz CT molecular complexity index is 487. The highest BCUT2D eigenvalue weighted by Crippen LogP contribution is 2.29. The van der Waals surface area contributed by atoms with Crippen molar-refractivity contribution in [1.29, 1.82) is 0 Å². The van der Waals surface area contributed by atoms with E-state index in [0.29, 0.717) is 5.52 Å². The van der Waals surface area contributed by atoms with Gasteiger partial charge in [-0.1, -0.05) is 22.0 Å². The van der Waals surface area contributed by atoms with E-state index in [2.05, 4.69) is 27.5 Å². The first-order valence-corrected chi connectivity index (χ1v) is 5.08.